The Hall–Kier alpha value is -1.59. The van der Waals surface area contributed by atoms with Crippen molar-refractivity contribution in [3.05, 3.63) is 47.0 Å². The molecule has 2 heterocycles. The average molecular weight is 295 g/mol. The molecule has 1 N–H and O–H groups in total. The summed E-state index contributed by atoms with van der Waals surface area (Å²) in [4.78, 5) is 4.25. The molecule has 1 aliphatic rings. The number of nitrogens with one attached hydrogen (secondary N) is 1. The van der Waals surface area contributed by atoms with Gasteiger partial charge in [-0.25, -0.2) is 8.42 Å². The highest BCUT2D eigenvalue weighted by Gasteiger charge is 2.21. The Labute approximate surface area is 116 Å². The van der Waals surface area contributed by atoms with Crippen LogP contribution in [0.5, 0.6) is 0 Å². The molecule has 6 heteroatoms. The summed E-state index contributed by atoms with van der Waals surface area (Å²) in [6.45, 7) is 0. The van der Waals surface area contributed by atoms with Gasteiger partial charge in [0.05, 0.1) is 17.3 Å². The summed E-state index contributed by atoms with van der Waals surface area (Å²) in [7, 11) is -3.06. The van der Waals surface area contributed by atoms with Gasteiger partial charge in [-0.2, -0.15) is 0 Å². The molecule has 19 heavy (non-hydrogen) atoms. The van der Waals surface area contributed by atoms with E-state index in [0.29, 0.717) is 5.02 Å². The van der Waals surface area contributed by atoms with E-state index in [-0.39, 0.29) is 11.8 Å². The first-order chi connectivity index (χ1) is 9.03. The first-order valence-corrected chi connectivity index (χ1v) is 7.85. The van der Waals surface area contributed by atoms with Gasteiger partial charge in [0.2, 0.25) is 0 Å². The van der Waals surface area contributed by atoms with E-state index < -0.39 is 9.84 Å². The van der Waals surface area contributed by atoms with Crippen LogP contribution in [0.15, 0.2) is 41.9 Å². The predicted molar refractivity (Wildman–Crippen MR) is 77.1 cm³/mol. The van der Waals surface area contributed by atoms with Crippen LogP contribution in [0.4, 0.5) is 5.69 Å². The topological polar surface area (TPSA) is 59.1 Å². The third kappa shape index (κ3) is 2.57. The smallest absolute Gasteiger partial charge is 0.173 e. The van der Waals surface area contributed by atoms with Gasteiger partial charge in [-0.05, 0) is 24.3 Å². The first-order valence-electron chi connectivity index (χ1n) is 5.75. The number of anilines is 1. The first kappa shape index (κ1) is 12.4. The average Bonchev–Trinajstić information content (AvgIpc) is 2.68. The van der Waals surface area contributed by atoms with Gasteiger partial charge in [-0.1, -0.05) is 17.7 Å². The van der Waals surface area contributed by atoms with E-state index in [9.17, 15) is 8.42 Å². The number of benzene rings is 1. The van der Waals surface area contributed by atoms with Gasteiger partial charge in [0.1, 0.15) is 0 Å². The van der Waals surface area contributed by atoms with Crippen molar-refractivity contribution in [2.24, 2.45) is 0 Å². The zero-order valence-electron chi connectivity index (χ0n) is 9.88. The Kier molecular flexibility index (Phi) is 2.95. The van der Waals surface area contributed by atoms with Gasteiger partial charge in [0, 0.05) is 27.7 Å². The Morgan fingerprint density at radius 3 is 2.89 bits per heavy atom. The molecule has 0 radical (unpaired) electrons. The van der Waals surface area contributed by atoms with Gasteiger partial charge < -0.3 is 5.32 Å². The zero-order valence-corrected chi connectivity index (χ0v) is 11.4. The normalized spacial score (nSPS) is 20.8. The molecule has 0 bridgehead atoms. The van der Waals surface area contributed by atoms with Crippen LogP contribution in [-0.2, 0) is 9.84 Å². The number of sulfone groups is 1. The molecule has 0 amide bonds. The van der Waals surface area contributed by atoms with Crippen molar-refractivity contribution in [1.29, 1.82) is 0 Å². The molecule has 1 aromatic heterocycles. The fourth-order valence-corrected chi connectivity index (χ4v) is 3.51. The summed E-state index contributed by atoms with van der Waals surface area (Å²) in [6, 6.07) is 7.07. The molecule has 1 atom stereocenters. The number of nitrogens with zero attached hydrogens (tertiary/aromatic N) is 1. The molecule has 3 rings (SSSR count). The molecule has 4 nitrogen and oxygen atoms in total. The summed E-state index contributed by atoms with van der Waals surface area (Å²) in [6.07, 6.45) is 3.34. The minimum absolute atomic E-state index is 0.0877. The molecule has 1 aromatic carbocycles. The van der Waals surface area contributed by atoms with Gasteiger partial charge in [-0.15, -0.1) is 0 Å². The molecule has 1 aliphatic heterocycles. The van der Waals surface area contributed by atoms with Crippen molar-refractivity contribution < 1.29 is 8.42 Å². The van der Waals surface area contributed by atoms with Crippen LogP contribution in [0.2, 0.25) is 5.02 Å². The monoisotopic (exact) mass is 294 g/mol. The molecule has 0 aliphatic carbocycles. The fourth-order valence-electron chi connectivity index (χ4n) is 2.11. The largest absolute Gasteiger partial charge is 0.377 e. The summed E-state index contributed by atoms with van der Waals surface area (Å²) in [5, 5.41) is 6.01. The molecule has 0 fully saturated rings. The van der Waals surface area contributed by atoms with Crippen LogP contribution in [0, 0.1) is 0 Å². The SMILES string of the molecule is O=S1(=O)C=CC(Nc2ccnc3cc(Cl)ccc23)C1. The fraction of sp³-hybridized carbons (Fsp3) is 0.154. The number of fused-ring (bicyclic) bond motifs is 1. The van der Waals surface area contributed by atoms with Crippen molar-refractivity contribution in [1.82, 2.24) is 4.98 Å². The van der Waals surface area contributed by atoms with E-state index in [1.807, 2.05) is 12.1 Å². The third-order valence-corrected chi connectivity index (χ3v) is 4.61. The lowest BCUT2D eigenvalue weighted by Gasteiger charge is -2.13. The summed E-state index contributed by atoms with van der Waals surface area (Å²) in [5.41, 5.74) is 1.63. The lowest BCUT2D eigenvalue weighted by Crippen LogP contribution is -2.21. The number of halogens is 1. The van der Waals surface area contributed by atoms with E-state index in [1.165, 1.54) is 5.41 Å². The molecule has 0 saturated heterocycles. The van der Waals surface area contributed by atoms with Crippen molar-refractivity contribution in [2.45, 2.75) is 6.04 Å². The summed E-state index contributed by atoms with van der Waals surface area (Å²) in [5.74, 6) is 0.0877. The Balaban J connectivity index is 1.96. The second kappa shape index (κ2) is 4.51. The van der Waals surface area contributed by atoms with Crippen LogP contribution in [0.3, 0.4) is 0 Å². The van der Waals surface area contributed by atoms with Gasteiger partial charge in [0.25, 0.3) is 0 Å². The van der Waals surface area contributed by atoms with Gasteiger partial charge >= 0.3 is 0 Å². The summed E-state index contributed by atoms with van der Waals surface area (Å²) < 4.78 is 22.8. The van der Waals surface area contributed by atoms with Crippen LogP contribution in [0.25, 0.3) is 10.9 Å². The number of rotatable bonds is 2. The molecule has 0 spiro atoms. The number of aromatic nitrogens is 1. The standard InChI is InChI=1S/C13H11ClN2O2S/c14-9-1-2-11-12(3-5-15-13(11)7-9)16-10-4-6-19(17,18)8-10/h1-7,10H,8H2,(H,15,16). The van der Waals surface area contributed by atoms with Crippen LogP contribution < -0.4 is 5.32 Å². The minimum atomic E-state index is -3.06. The second-order valence-corrected chi connectivity index (χ2v) is 6.80. The van der Waals surface area contributed by atoms with Crippen LogP contribution in [-0.4, -0.2) is 25.2 Å². The van der Waals surface area contributed by atoms with E-state index in [0.717, 1.165) is 16.6 Å². The van der Waals surface area contributed by atoms with Crippen molar-refractivity contribution in [3.63, 3.8) is 0 Å². The van der Waals surface area contributed by atoms with Crippen molar-refractivity contribution in [2.75, 3.05) is 11.1 Å². The maximum atomic E-state index is 11.4. The number of pyridine rings is 1. The molecule has 1 unspecified atom stereocenters. The molecule has 2 aromatic rings. The number of hydrogen-bond donors (Lipinski definition) is 1. The van der Waals surface area contributed by atoms with Gasteiger partial charge in [-0.3, -0.25) is 4.98 Å². The lowest BCUT2D eigenvalue weighted by atomic mass is 10.1. The maximum Gasteiger partial charge on any atom is 0.173 e. The molecular weight excluding hydrogens is 284 g/mol. The zero-order chi connectivity index (χ0) is 13.5. The molecule has 0 saturated carbocycles. The van der Waals surface area contributed by atoms with Crippen molar-refractivity contribution in [3.8, 4) is 0 Å². The van der Waals surface area contributed by atoms with Crippen LogP contribution in [0.1, 0.15) is 0 Å². The number of hydrogen-bond acceptors (Lipinski definition) is 4. The minimum Gasteiger partial charge on any atom is -0.377 e. The summed E-state index contributed by atoms with van der Waals surface area (Å²) >= 11 is 5.93. The second-order valence-electron chi connectivity index (χ2n) is 4.43. The van der Waals surface area contributed by atoms with Crippen LogP contribution >= 0.6 is 11.6 Å². The van der Waals surface area contributed by atoms with E-state index in [1.54, 1.807) is 24.4 Å². The Morgan fingerprint density at radius 1 is 1.32 bits per heavy atom. The highest BCUT2D eigenvalue weighted by Crippen LogP contribution is 2.26. The Morgan fingerprint density at radius 2 is 2.16 bits per heavy atom. The van der Waals surface area contributed by atoms with E-state index in [2.05, 4.69) is 10.3 Å². The highest BCUT2D eigenvalue weighted by molar-refractivity contribution is 7.94. The predicted octanol–water partition coefficient (Wildman–Crippen LogP) is 2.61. The Bertz CT molecular complexity index is 771. The third-order valence-electron chi connectivity index (χ3n) is 2.98. The highest BCUT2D eigenvalue weighted by atomic mass is 35.5. The van der Waals surface area contributed by atoms with E-state index >= 15 is 0 Å². The lowest BCUT2D eigenvalue weighted by molar-refractivity contribution is 0.605. The molecular formula is C13H11ClN2O2S. The van der Waals surface area contributed by atoms with Gasteiger partial charge in [0.15, 0.2) is 9.84 Å². The molecule has 98 valence electrons. The maximum absolute atomic E-state index is 11.4. The van der Waals surface area contributed by atoms with Crippen molar-refractivity contribution >= 4 is 38.0 Å². The van der Waals surface area contributed by atoms with E-state index in [4.69, 9.17) is 11.6 Å². The quantitative estimate of drug-likeness (QED) is 0.925.